The minimum absolute atomic E-state index is 0.165. The molecular formula is C16H25N3O4S. The standard InChI is InChI=1S/C16H25N3O4S/c1-15(2,3)11-5-12(22)19-6-10(7-24-14(19)17-11)13(23)18-16(4,8-20)9-21/h5,10,20-21H,6-9H2,1-4H3,(H,18,23). The fraction of sp³-hybridized carbons (Fsp3) is 0.688. The van der Waals surface area contributed by atoms with Crippen LogP contribution in [0.1, 0.15) is 33.4 Å². The molecule has 0 bridgehead atoms. The van der Waals surface area contributed by atoms with E-state index in [1.165, 1.54) is 22.4 Å². The number of aliphatic hydroxyl groups is 2. The van der Waals surface area contributed by atoms with E-state index in [2.05, 4.69) is 10.3 Å². The van der Waals surface area contributed by atoms with Crippen LogP contribution in [-0.4, -0.2) is 50.2 Å². The minimum Gasteiger partial charge on any atom is -0.394 e. The number of nitrogens with one attached hydrogen (secondary N) is 1. The van der Waals surface area contributed by atoms with Crippen LogP contribution in [0, 0.1) is 5.92 Å². The molecule has 0 radical (unpaired) electrons. The predicted octanol–water partition coefficient (Wildman–Crippen LogP) is 0.122. The Labute approximate surface area is 145 Å². The fourth-order valence-corrected chi connectivity index (χ4v) is 3.37. The van der Waals surface area contributed by atoms with E-state index in [4.69, 9.17) is 0 Å². The SMILES string of the molecule is CC(CO)(CO)NC(=O)C1CSc2nc(C(C)(C)C)cc(=O)n2C1. The van der Waals surface area contributed by atoms with Crippen molar-refractivity contribution in [3.05, 3.63) is 22.1 Å². The molecule has 0 aliphatic carbocycles. The van der Waals surface area contributed by atoms with Crippen molar-refractivity contribution in [1.29, 1.82) is 0 Å². The number of amides is 1. The van der Waals surface area contributed by atoms with Gasteiger partial charge in [0.25, 0.3) is 5.56 Å². The third-order valence-electron chi connectivity index (χ3n) is 4.05. The molecule has 1 aromatic rings. The van der Waals surface area contributed by atoms with Gasteiger partial charge < -0.3 is 15.5 Å². The van der Waals surface area contributed by atoms with Crippen LogP contribution in [0.3, 0.4) is 0 Å². The van der Waals surface area contributed by atoms with Gasteiger partial charge in [-0.1, -0.05) is 32.5 Å². The zero-order valence-corrected chi connectivity index (χ0v) is 15.3. The number of carbonyl (C=O) groups is 1. The van der Waals surface area contributed by atoms with E-state index in [0.717, 1.165) is 5.69 Å². The van der Waals surface area contributed by atoms with E-state index in [1.807, 2.05) is 20.8 Å². The molecule has 3 N–H and O–H groups in total. The third-order valence-corrected chi connectivity index (χ3v) is 5.19. The Bertz CT molecular complexity index is 677. The zero-order chi connectivity index (χ0) is 18.1. The van der Waals surface area contributed by atoms with Crippen LogP contribution >= 0.6 is 11.8 Å². The summed E-state index contributed by atoms with van der Waals surface area (Å²) in [5, 5.41) is 21.9. The number of fused-ring (bicyclic) bond motifs is 1. The van der Waals surface area contributed by atoms with Crippen molar-refractivity contribution >= 4 is 17.7 Å². The Balaban J connectivity index is 2.21. The first-order valence-corrected chi connectivity index (χ1v) is 8.87. The molecule has 1 amide bonds. The highest BCUT2D eigenvalue weighted by Gasteiger charge is 2.32. The molecule has 0 saturated heterocycles. The highest BCUT2D eigenvalue weighted by molar-refractivity contribution is 7.99. The summed E-state index contributed by atoms with van der Waals surface area (Å²) in [7, 11) is 0. The molecule has 1 atom stereocenters. The zero-order valence-electron chi connectivity index (χ0n) is 14.5. The second-order valence-corrected chi connectivity index (χ2v) is 8.48. The van der Waals surface area contributed by atoms with E-state index in [9.17, 15) is 19.8 Å². The molecule has 134 valence electrons. The van der Waals surface area contributed by atoms with E-state index in [-0.39, 0.29) is 36.6 Å². The van der Waals surface area contributed by atoms with Gasteiger partial charge in [0.05, 0.1) is 30.4 Å². The van der Waals surface area contributed by atoms with Crippen molar-refractivity contribution < 1.29 is 15.0 Å². The molecule has 1 aromatic heterocycles. The summed E-state index contributed by atoms with van der Waals surface area (Å²) in [6.07, 6.45) is 0. The lowest BCUT2D eigenvalue weighted by Gasteiger charge is -2.31. The van der Waals surface area contributed by atoms with Crippen LogP contribution in [0.2, 0.25) is 0 Å². The molecule has 1 aliphatic heterocycles. The van der Waals surface area contributed by atoms with Crippen LogP contribution in [0.5, 0.6) is 0 Å². The van der Waals surface area contributed by atoms with Gasteiger partial charge in [-0.3, -0.25) is 14.2 Å². The van der Waals surface area contributed by atoms with Crippen molar-refractivity contribution in [2.75, 3.05) is 19.0 Å². The summed E-state index contributed by atoms with van der Waals surface area (Å²) in [6, 6.07) is 1.52. The first-order chi connectivity index (χ1) is 11.1. The van der Waals surface area contributed by atoms with Gasteiger partial charge in [0.2, 0.25) is 5.91 Å². The second kappa shape index (κ2) is 6.85. The van der Waals surface area contributed by atoms with Crippen LogP contribution in [-0.2, 0) is 16.8 Å². The molecule has 0 spiro atoms. The summed E-state index contributed by atoms with van der Waals surface area (Å²) in [5.74, 6) is -0.204. The lowest BCUT2D eigenvalue weighted by atomic mass is 9.92. The monoisotopic (exact) mass is 355 g/mol. The number of nitrogens with zero attached hydrogens (tertiary/aromatic N) is 2. The Morgan fingerprint density at radius 1 is 1.38 bits per heavy atom. The normalized spacial score (nSPS) is 18.2. The summed E-state index contributed by atoms with van der Waals surface area (Å²) in [4.78, 5) is 29.4. The lowest BCUT2D eigenvalue weighted by Crippen LogP contribution is -2.54. The Morgan fingerprint density at radius 2 is 2.00 bits per heavy atom. The van der Waals surface area contributed by atoms with Gasteiger partial charge in [-0.15, -0.1) is 0 Å². The molecule has 1 aliphatic rings. The highest BCUT2D eigenvalue weighted by atomic mass is 32.2. The summed E-state index contributed by atoms with van der Waals surface area (Å²) < 4.78 is 1.52. The first kappa shape index (κ1) is 19.0. The maximum absolute atomic E-state index is 12.4. The minimum atomic E-state index is -1.07. The lowest BCUT2D eigenvalue weighted by molar-refractivity contribution is -0.127. The van der Waals surface area contributed by atoms with Gasteiger partial charge >= 0.3 is 0 Å². The number of hydrogen-bond donors (Lipinski definition) is 3. The molecule has 2 rings (SSSR count). The van der Waals surface area contributed by atoms with Crippen molar-refractivity contribution in [3.63, 3.8) is 0 Å². The molecule has 1 unspecified atom stereocenters. The fourth-order valence-electron chi connectivity index (χ4n) is 2.28. The van der Waals surface area contributed by atoms with Gasteiger partial charge in [-0.05, 0) is 6.92 Å². The maximum Gasteiger partial charge on any atom is 0.254 e. The quantitative estimate of drug-likeness (QED) is 0.663. The van der Waals surface area contributed by atoms with Gasteiger partial charge in [0, 0.05) is 23.8 Å². The second-order valence-electron chi connectivity index (χ2n) is 7.50. The van der Waals surface area contributed by atoms with E-state index in [1.54, 1.807) is 6.92 Å². The summed E-state index contributed by atoms with van der Waals surface area (Å²) in [6.45, 7) is 7.10. The first-order valence-electron chi connectivity index (χ1n) is 7.88. The Kier molecular flexibility index (Phi) is 5.41. The molecule has 0 aromatic carbocycles. The van der Waals surface area contributed by atoms with E-state index in [0.29, 0.717) is 10.9 Å². The summed E-state index contributed by atoms with van der Waals surface area (Å²) >= 11 is 1.38. The molecule has 24 heavy (non-hydrogen) atoms. The van der Waals surface area contributed by atoms with Crippen molar-refractivity contribution in [3.8, 4) is 0 Å². The van der Waals surface area contributed by atoms with E-state index < -0.39 is 11.5 Å². The number of aliphatic hydroxyl groups excluding tert-OH is 2. The largest absolute Gasteiger partial charge is 0.394 e. The van der Waals surface area contributed by atoms with Gasteiger partial charge in [0.1, 0.15) is 0 Å². The number of hydrogen-bond acceptors (Lipinski definition) is 6. The predicted molar refractivity (Wildman–Crippen MR) is 92.1 cm³/mol. The van der Waals surface area contributed by atoms with Crippen molar-refractivity contribution in [1.82, 2.24) is 14.9 Å². The molecular weight excluding hydrogens is 330 g/mol. The number of thioether (sulfide) groups is 1. The molecule has 0 fully saturated rings. The van der Waals surface area contributed by atoms with Crippen LogP contribution in [0.25, 0.3) is 0 Å². The average Bonchev–Trinajstić information content (AvgIpc) is 2.53. The number of aromatic nitrogens is 2. The maximum atomic E-state index is 12.4. The summed E-state index contributed by atoms with van der Waals surface area (Å²) in [5.41, 5.74) is -0.709. The van der Waals surface area contributed by atoms with Gasteiger partial charge in [-0.25, -0.2) is 4.98 Å². The highest BCUT2D eigenvalue weighted by Crippen LogP contribution is 2.28. The molecule has 2 heterocycles. The van der Waals surface area contributed by atoms with Crippen LogP contribution in [0.15, 0.2) is 16.0 Å². The molecule has 7 nitrogen and oxygen atoms in total. The van der Waals surface area contributed by atoms with Gasteiger partial charge in [0.15, 0.2) is 5.16 Å². The van der Waals surface area contributed by atoms with Gasteiger partial charge in [-0.2, -0.15) is 0 Å². The van der Waals surface area contributed by atoms with Crippen molar-refractivity contribution in [2.24, 2.45) is 5.92 Å². The van der Waals surface area contributed by atoms with E-state index >= 15 is 0 Å². The topological polar surface area (TPSA) is 104 Å². The number of rotatable bonds is 4. The molecule has 8 heteroatoms. The Morgan fingerprint density at radius 3 is 2.54 bits per heavy atom. The number of carbonyl (C=O) groups excluding carboxylic acids is 1. The van der Waals surface area contributed by atoms with Crippen molar-refractivity contribution in [2.45, 2.75) is 50.4 Å². The molecule has 0 saturated carbocycles. The van der Waals surface area contributed by atoms with Crippen LogP contribution in [0.4, 0.5) is 0 Å². The van der Waals surface area contributed by atoms with Crippen LogP contribution < -0.4 is 10.9 Å². The average molecular weight is 355 g/mol. The Hall–Kier alpha value is -1.38. The smallest absolute Gasteiger partial charge is 0.254 e. The third kappa shape index (κ3) is 3.99.